The number of H-pyrrole nitrogens is 1. The Kier molecular flexibility index (Phi) is 10.2. The fourth-order valence-corrected chi connectivity index (χ4v) is 7.31. The number of hydrogen-bond acceptors (Lipinski definition) is 9. The highest BCUT2D eigenvalue weighted by atomic mass is 32.2. The van der Waals surface area contributed by atoms with Gasteiger partial charge in [0.1, 0.15) is 11.4 Å². The van der Waals surface area contributed by atoms with Crippen LogP contribution >= 0.6 is 0 Å². The highest BCUT2D eigenvalue weighted by molar-refractivity contribution is 7.92. The first-order chi connectivity index (χ1) is 26.1. The van der Waals surface area contributed by atoms with E-state index in [4.69, 9.17) is 9.72 Å². The summed E-state index contributed by atoms with van der Waals surface area (Å²) in [6, 6.07) is 21.9. The Morgan fingerprint density at radius 3 is 2.29 bits per heavy atom. The standard InChI is InChI=1S/C41H45FN8O4S/c1-25-19-31(36(51)20-26(25)2)24-30-22-27(8-14-35(30)49-15-17-54-18-16-49)21-28-7-13-34(33(42)23-28)44-45-37-38(41(3,4)5)46-50-40(37)43-39(47-50)29-9-11-32(12-10-29)48-55(6,52)53/h7-14,19-20,22-23,46,48,51H,15-18,21,24H2,1-6H3. The highest BCUT2D eigenvalue weighted by Crippen LogP contribution is 2.37. The number of fused-ring (bicyclic) bond motifs is 1. The van der Waals surface area contributed by atoms with Crippen molar-refractivity contribution < 1.29 is 22.7 Å². The second-order valence-electron chi connectivity index (χ2n) is 15.2. The van der Waals surface area contributed by atoms with Gasteiger partial charge in [0.25, 0.3) is 0 Å². The third-order valence-electron chi connectivity index (χ3n) is 9.72. The lowest BCUT2D eigenvalue weighted by Crippen LogP contribution is -2.36. The van der Waals surface area contributed by atoms with Gasteiger partial charge in [0.05, 0.1) is 25.2 Å². The van der Waals surface area contributed by atoms with Crippen molar-refractivity contribution in [2.75, 3.05) is 42.2 Å². The maximum Gasteiger partial charge on any atom is 0.229 e. The minimum Gasteiger partial charge on any atom is -0.508 e. The molecule has 0 saturated carbocycles. The van der Waals surface area contributed by atoms with Crippen LogP contribution in [0.2, 0.25) is 0 Å². The number of morpholine rings is 1. The Hall–Kier alpha value is -5.60. The zero-order valence-corrected chi connectivity index (χ0v) is 32.6. The van der Waals surface area contributed by atoms with Gasteiger partial charge in [-0.25, -0.2) is 17.8 Å². The molecule has 0 spiro atoms. The second-order valence-corrected chi connectivity index (χ2v) is 16.9. The predicted molar refractivity (Wildman–Crippen MR) is 213 cm³/mol. The number of nitrogens with zero attached hydrogens (tertiary/aromatic N) is 6. The predicted octanol–water partition coefficient (Wildman–Crippen LogP) is 8.29. The molecule has 7 rings (SSSR count). The lowest BCUT2D eigenvalue weighted by atomic mass is 9.91. The summed E-state index contributed by atoms with van der Waals surface area (Å²) in [6.45, 7) is 13.0. The van der Waals surface area contributed by atoms with Gasteiger partial charge in [-0.2, -0.15) is 4.63 Å². The Bertz CT molecular complexity index is 2510. The normalized spacial score (nSPS) is 14.0. The van der Waals surface area contributed by atoms with Gasteiger partial charge >= 0.3 is 0 Å². The number of aromatic amines is 1. The zero-order valence-electron chi connectivity index (χ0n) is 31.8. The Morgan fingerprint density at radius 1 is 0.909 bits per heavy atom. The number of phenolic OH excluding ortho intramolecular Hbond substituents is 1. The van der Waals surface area contributed by atoms with E-state index in [1.807, 2.05) is 39.8 Å². The minimum atomic E-state index is -3.41. The molecule has 1 aliphatic heterocycles. The van der Waals surface area contributed by atoms with E-state index < -0.39 is 15.8 Å². The first kappa shape index (κ1) is 37.7. The smallest absolute Gasteiger partial charge is 0.229 e. The molecule has 55 heavy (non-hydrogen) atoms. The fraction of sp³-hybridized carbons (Fsp3) is 0.317. The molecule has 0 atom stereocenters. The number of phenols is 1. The number of sulfonamides is 1. The van der Waals surface area contributed by atoms with Crippen LogP contribution in [0.1, 0.15) is 59.8 Å². The topological polar surface area (TPSA) is 150 Å². The van der Waals surface area contributed by atoms with E-state index in [9.17, 15) is 13.5 Å². The van der Waals surface area contributed by atoms with Crippen LogP contribution in [0.15, 0.2) is 83.0 Å². The van der Waals surface area contributed by atoms with Gasteiger partial charge in [0.15, 0.2) is 17.3 Å². The molecule has 0 bridgehead atoms. The summed E-state index contributed by atoms with van der Waals surface area (Å²) in [6.07, 6.45) is 2.16. The van der Waals surface area contributed by atoms with E-state index in [0.29, 0.717) is 54.5 Å². The van der Waals surface area contributed by atoms with Crippen molar-refractivity contribution in [3.8, 4) is 17.1 Å². The van der Waals surface area contributed by atoms with Crippen molar-refractivity contribution in [3.63, 3.8) is 0 Å². The van der Waals surface area contributed by atoms with E-state index in [1.165, 1.54) is 10.7 Å². The third kappa shape index (κ3) is 8.55. The molecular formula is C41H45FN8O4S. The van der Waals surface area contributed by atoms with Gasteiger partial charge in [-0.1, -0.05) is 45.0 Å². The van der Waals surface area contributed by atoms with Gasteiger partial charge in [-0.3, -0.25) is 9.82 Å². The molecule has 0 amide bonds. The van der Waals surface area contributed by atoms with Crippen molar-refractivity contribution in [2.45, 2.75) is 52.9 Å². The van der Waals surface area contributed by atoms with Crippen LogP contribution in [-0.4, -0.2) is 65.9 Å². The van der Waals surface area contributed by atoms with Crippen molar-refractivity contribution in [2.24, 2.45) is 10.2 Å². The van der Waals surface area contributed by atoms with Crippen molar-refractivity contribution in [3.05, 3.63) is 118 Å². The number of aromatic nitrogens is 4. The molecule has 1 saturated heterocycles. The van der Waals surface area contributed by atoms with E-state index >= 15 is 4.39 Å². The number of aromatic hydroxyl groups is 1. The second kappa shape index (κ2) is 14.9. The number of aryl methyl sites for hydroxylation is 2. The van der Waals surface area contributed by atoms with Crippen LogP contribution in [0.4, 0.5) is 27.1 Å². The number of azo groups is 1. The molecule has 0 radical (unpaired) electrons. The van der Waals surface area contributed by atoms with Gasteiger partial charge < -0.3 is 14.7 Å². The van der Waals surface area contributed by atoms with Crippen molar-refractivity contribution in [1.29, 1.82) is 0 Å². The first-order valence-corrected chi connectivity index (χ1v) is 20.0. The first-order valence-electron chi connectivity index (χ1n) is 18.1. The zero-order chi connectivity index (χ0) is 39.1. The fourth-order valence-electron chi connectivity index (χ4n) is 6.75. The van der Waals surface area contributed by atoms with E-state index in [-0.39, 0.29) is 16.9 Å². The summed E-state index contributed by atoms with van der Waals surface area (Å²) in [5, 5.41) is 27.5. The average molecular weight is 765 g/mol. The summed E-state index contributed by atoms with van der Waals surface area (Å²) in [5.74, 6) is 0.181. The number of halogens is 1. The van der Waals surface area contributed by atoms with Crippen LogP contribution in [-0.2, 0) is 33.0 Å². The molecule has 0 aliphatic carbocycles. The Balaban J connectivity index is 1.14. The van der Waals surface area contributed by atoms with Gasteiger partial charge in [-0.05, 0) is 102 Å². The molecule has 12 nitrogen and oxygen atoms in total. The summed E-state index contributed by atoms with van der Waals surface area (Å²) >= 11 is 0. The Labute approximate surface area is 320 Å². The molecule has 14 heteroatoms. The van der Waals surface area contributed by atoms with E-state index in [0.717, 1.165) is 64.1 Å². The number of rotatable bonds is 10. The summed E-state index contributed by atoms with van der Waals surface area (Å²) in [7, 11) is -3.41. The van der Waals surface area contributed by atoms with E-state index in [1.54, 1.807) is 30.3 Å². The molecule has 6 aromatic rings. The summed E-state index contributed by atoms with van der Waals surface area (Å²) < 4.78 is 48.5. The van der Waals surface area contributed by atoms with Crippen LogP contribution in [0.3, 0.4) is 0 Å². The monoisotopic (exact) mass is 764 g/mol. The maximum absolute atomic E-state index is 15.7. The molecule has 3 N–H and O–H groups in total. The highest BCUT2D eigenvalue weighted by Gasteiger charge is 2.26. The largest absolute Gasteiger partial charge is 0.508 e. The lowest BCUT2D eigenvalue weighted by Gasteiger charge is -2.31. The lowest BCUT2D eigenvalue weighted by molar-refractivity contribution is 0.122. The van der Waals surface area contributed by atoms with Crippen LogP contribution in [0, 0.1) is 19.7 Å². The average Bonchev–Trinajstić information content (AvgIpc) is 3.70. The molecule has 2 aromatic heterocycles. The van der Waals surface area contributed by atoms with Gasteiger partial charge in [0, 0.05) is 41.9 Å². The number of benzene rings is 4. The molecule has 3 heterocycles. The molecule has 0 unspecified atom stereocenters. The number of hydrogen-bond donors (Lipinski definition) is 3. The SMILES string of the molecule is Cc1cc(O)c(Cc2cc(Cc3ccc(N=Nc4c(C(C)(C)C)[nH]n5nc(-c6ccc(NS(C)(=O)=O)cc6)nc45)c(F)c3)ccc2N2CCOCC2)cc1C. The van der Waals surface area contributed by atoms with Gasteiger partial charge in [0.2, 0.25) is 15.7 Å². The minimum absolute atomic E-state index is 0.0882. The quantitative estimate of drug-likeness (QED) is 0.119. The molecular weight excluding hydrogens is 720 g/mol. The summed E-state index contributed by atoms with van der Waals surface area (Å²) in [5.41, 5.74) is 9.44. The van der Waals surface area contributed by atoms with Crippen LogP contribution in [0.5, 0.6) is 5.75 Å². The molecule has 1 aliphatic rings. The van der Waals surface area contributed by atoms with Crippen molar-refractivity contribution >= 4 is 38.4 Å². The number of nitrogens with one attached hydrogen (secondary N) is 2. The van der Waals surface area contributed by atoms with Crippen LogP contribution in [0.25, 0.3) is 17.0 Å². The summed E-state index contributed by atoms with van der Waals surface area (Å²) in [4.78, 5) is 7.03. The Morgan fingerprint density at radius 2 is 1.60 bits per heavy atom. The molecule has 4 aromatic carbocycles. The number of ether oxygens (including phenoxy) is 1. The third-order valence-corrected chi connectivity index (χ3v) is 10.3. The van der Waals surface area contributed by atoms with Crippen LogP contribution < -0.4 is 9.62 Å². The molecule has 286 valence electrons. The molecule has 1 fully saturated rings. The van der Waals surface area contributed by atoms with Gasteiger partial charge in [-0.15, -0.1) is 15.3 Å². The van der Waals surface area contributed by atoms with E-state index in [2.05, 4.69) is 61.2 Å². The maximum atomic E-state index is 15.7. The van der Waals surface area contributed by atoms with Crippen molar-refractivity contribution in [1.82, 2.24) is 19.8 Å². The number of anilines is 2.